The first-order valence-electron chi connectivity index (χ1n) is 12.2. The van der Waals surface area contributed by atoms with Gasteiger partial charge in [-0.3, -0.25) is 4.79 Å². The van der Waals surface area contributed by atoms with Gasteiger partial charge in [0.15, 0.2) is 11.5 Å². The van der Waals surface area contributed by atoms with Crippen LogP contribution in [0.1, 0.15) is 48.3 Å². The van der Waals surface area contributed by atoms with Crippen LogP contribution in [0.15, 0.2) is 54.6 Å². The zero-order valence-electron chi connectivity index (χ0n) is 21.6. The summed E-state index contributed by atoms with van der Waals surface area (Å²) >= 11 is 0. The van der Waals surface area contributed by atoms with E-state index in [1.165, 1.54) is 43.5 Å². The van der Waals surface area contributed by atoms with Crippen molar-refractivity contribution in [1.82, 2.24) is 10.3 Å². The molecule has 3 aromatic rings. The van der Waals surface area contributed by atoms with Crippen LogP contribution in [0.5, 0.6) is 11.5 Å². The lowest BCUT2D eigenvalue weighted by molar-refractivity contribution is -0.265. The molecule has 1 atom stereocenters. The minimum atomic E-state index is -5.23. The molecule has 1 amide bonds. The smallest absolute Gasteiger partial charge is 0.424 e. The molecule has 1 aromatic heterocycles. The van der Waals surface area contributed by atoms with Crippen molar-refractivity contribution in [3.63, 3.8) is 0 Å². The molecule has 1 unspecified atom stereocenters. The fourth-order valence-corrected chi connectivity index (χ4v) is 3.80. The van der Waals surface area contributed by atoms with Gasteiger partial charge in [-0.2, -0.15) is 13.2 Å². The number of pyridine rings is 1. The molecule has 1 aliphatic rings. The quantitative estimate of drug-likeness (QED) is 0.332. The van der Waals surface area contributed by atoms with E-state index < -0.39 is 41.3 Å². The van der Waals surface area contributed by atoms with E-state index in [1.54, 1.807) is 13.8 Å². The van der Waals surface area contributed by atoms with Gasteiger partial charge in [-0.25, -0.2) is 9.37 Å². The minimum absolute atomic E-state index is 0.0105. The van der Waals surface area contributed by atoms with E-state index in [0.717, 1.165) is 31.0 Å². The predicted octanol–water partition coefficient (Wildman–Crippen LogP) is 4.81. The van der Waals surface area contributed by atoms with Crippen molar-refractivity contribution in [2.24, 2.45) is 5.73 Å². The Hall–Kier alpha value is -3.70. The highest BCUT2D eigenvalue weighted by Gasteiger charge is 2.56. The van der Waals surface area contributed by atoms with Gasteiger partial charge < -0.3 is 25.6 Å². The van der Waals surface area contributed by atoms with Crippen LogP contribution in [0.3, 0.4) is 0 Å². The molecule has 2 aromatic carbocycles. The molecular formula is C28H29F4N3O4. The zero-order valence-corrected chi connectivity index (χ0v) is 21.6. The Morgan fingerprint density at radius 2 is 1.74 bits per heavy atom. The number of nitrogens with zero attached hydrogens (tertiary/aromatic N) is 1. The monoisotopic (exact) mass is 547 g/mol. The van der Waals surface area contributed by atoms with Crippen molar-refractivity contribution in [2.45, 2.75) is 50.1 Å². The van der Waals surface area contributed by atoms with E-state index >= 15 is 0 Å². The normalized spacial score (nSPS) is 15.4. The first-order chi connectivity index (χ1) is 18.2. The van der Waals surface area contributed by atoms with Crippen LogP contribution in [-0.4, -0.2) is 41.9 Å². The number of ether oxygens (including phenoxy) is 2. The zero-order chi connectivity index (χ0) is 28.6. The van der Waals surface area contributed by atoms with Crippen LogP contribution in [0.25, 0.3) is 11.3 Å². The van der Waals surface area contributed by atoms with Gasteiger partial charge in [0, 0.05) is 16.7 Å². The van der Waals surface area contributed by atoms with Crippen LogP contribution in [0.4, 0.5) is 17.6 Å². The Morgan fingerprint density at radius 1 is 1.08 bits per heavy atom. The fourth-order valence-electron chi connectivity index (χ4n) is 3.80. The third-order valence-corrected chi connectivity index (χ3v) is 6.35. The average Bonchev–Trinajstić information content (AvgIpc) is 3.70. The van der Waals surface area contributed by atoms with E-state index in [0.29, 0.717) is 11.3 Å². The molecule has 0 radical (unpaired) electrons. The molecule has 0 saturated heterocycles. The number of carbonyl (C=O) groups is 1. The third-order valence-electron chi connectivity index (χ3n) is 6.35. The summed E-state index contributed by atoms with van der Waals surface area (Å²) in [6.45, 7) is 1.93. The van der Waals surface area contributed by atoms with Crippen molar-refractivity contribution in [3.8, 4) is 22.8 Å². The molecule has 0 aliphatic heterocycles. The second-order valence-electron chi connectivity index (χ2n) is 10.1. The van der Waals surface area contributed by atoms with Crippen LogP contribution >= 0.6 is 0 Å². The number of aromatic nitrogens is 1. The first-order valence-corrected chi connectivity index (χ1v) is 12.2. The standard InChI is InChI=1S/C28H29F4N3O4/c1-26(2,33)18-13-21(16-4-7-19(29)8-5-16)35-24(14-18)27(37,28(30,31)32)15-34-25(36)17-6-11-22(23(12-17)38-3)39-20-9-10-20/h4-8,11-14,20,37H,9-10,15,33H2,1-3H3,(H,34,36). The van der Waals surface area contributed by atoms with Gasteiger partial charge in [-0.15, -0.1) is 0 Å². The van der Waals surface area contributed by atoms with Gasteiger partial charge in [-0.1, -0.05) is 0 Å². The van der Waals surface area contributed by atoms with Crippen molar-refractivity contribution in [2.75, 3.05) is 13.7 Å². The molecule has 1 aliphatic carbocycles. The largest absolute Gasteiger partial charge is 0.493 e. The van der Waals surface area contributed by atoms with E-state index in [-0.39, 0.29) is 28.7 Å². The van der Waals surface area contributed by atoms with Crippen molar-refractivity contribution in [3.05, 3.63) is 77.2 Å². The summed E-state index contributed by atoms with van der Waals surface area (Å²) in [6, 6.07) is 11.8. The second kappa shape index (κ2) is 10.5. The van der Waals surface area contributed by atoms with Gasteiger partial charge in [0.2, 0.25) is 5.60 Å². The van der Waals surface area contributed by atoms with Crippen LogP contribution in [-0.2, 0) is 11.1 Å². The highest BCUT2D eigenvalue weighted by atomic mass is 19.4. The number of benzene rings is 2. The number of hydrogen-bond acceptors (Lipinski definition) is 6. The Kier molecular flexibility index (Phi) is 7.59. The van der Waals surface area contributed by atoms with Gasteiger partial charge in [0.1, 0.15) is 5.82 Å². The Bertz CT molecular complexity index is 1350. The molecule has 0 bridgehead atoms. The summed E-state index contributed by atoms with van der Waals surface area (Å²) in [5.41, 5.74) is 1.35. The van der Waals surface area contributed by atoms with E-state index in [2.05, 4.69) is 10.3 Å². The molecule has 4 rings (SSSR count). The number of alkyl halides is 3. The molecule has 1 fully saturated rings. The second-order valence-corrected chi connectivity index (χ2v) is 10.1. The lowest BCUT2D eigenvalue weighted by atomic mass is 9.89. The molecular weight excluding hydrogens is 518 g/mol. The van der Waals surface area contributed by atoms with Gasteiger partial charge in [-0.05, 0) is 86.8 Å². The molecule has 1 saturated carbocycles. The summed E-state index contributed by atoms with van der Waals surface area (Å²) in [5, 5.41) is 13.2. The minimum Gasteiger partial charge on any atom is -0.493 e. The molecule has 208 valence electrons. The number of hydrogen-bond donors (Lipinski definition) is 3. The van der Waals surface area contributed by atoms with Gasteiger partial charge >= 0.3 is 6.18 Å². The third kappa shape index (κ3) is 6.31. The SMILES string of the molecule is COc1cc(C(=O)NCC(O)(c2cc(C(C)(C)N)cc(-c3ccc(F)cc3)n2)C(F)(F)F)ccc1OC1CC1. The summed E-state index contributed by atoms with van der Waals surface area (Å²) in [4.78, 5) is 16.9. The number of aliphatic hydroxyl groups is 1. The van der Waals surface area contributed by atoms with Crippen LogP contribution in [0.2, 0.25) is 0 Å². The highest BCUT2D eigenvalue weighted by molar-refractivity contribution is 5.95. The van der Waals surface area contributed by atoms with E-state index in [4.69, 9.17) is 15.2 Å². The maximum atomic E-state index is 14.4. The Morgan fingerprint density at radius 3 is 2.31 bits per heavy atom. The molecule has 1 heterocycles. The molecule has 39 heavy (non-hydrogen) atoms. The summed E-state index contributed by atoms with van der Waals surface area (Å²) in [6.07, 6.45) is -3.35. The lowest BCUT2D eigenvalue weighted by Gasteiger charge is -2.32. The topological polar surface area (TPSA) is 107 Å². The number of methoxy groups -OCH3 is 1. The van der Waals surface area contributed by atoms with Crippen molar-refractivity contribution < 1.29 is 36.9 Å². The highest BCUT2D eigenvalue weighted by Crippen LogP contribution is 2.40. The molecule has 11 heteroatoms. The fraction of sp³-hybridized carbons (Fsp3) is 0.357. The number of rotatable bonds is 9. The maximum absolute atomic E-state index is 14.4. The number of amides is 1. The average molecular weight is 548 g/mol. The van der Waals surface area contributed by atoms with Crippen molar-refractivity contribution >= 4 is 5.91 Å². The number of halogens is 4. The molecule has 4 N–H and O–H groups in total. The van der Waals surface area contributed by atoms with Crippen molar-refractivity contribution in [1.29, 1.82) is 0 Å². The molecule has 0 spiro atoms. The lowest BCUT2D eigenvalue weighted by Crippen LogP contribution is -2.51. The van der Waals surface area contributed by atoms with Gasteiger partial charge in [0.25, 0.3) is 5.91 Å². The Labute approximate surface area is 223 Å². The Balaban J connectivity index is 1.67. The summed E-state index contributed by atoms with van der Waals surface area (Å²) in [5.74, 6) is -0.734. The maximum Gasteiger partial charge on any atom is 0.424 e. The molecule has 7 nitrogen and oxygen atoms in total. The number of nitrogens with one attached hydrogen (secondary N) is 1. The summed E-state index contributed by atoms with van der Waals surface area (Å²) < 4.78 is 67.6. The van der Waals surface area contributed by atoms with Gasteiger partial charge in [0.05, 0.1) is 31.1 Å². The number of nitrogens with two attached hydrogens (primary N) is 1. The first kappa shape index (κ1) is 28.3. The number of carbonyl (C=O) groups excluding carboxylic acids is 1. The van der Waals surface area contributed by atoms with Crippen LogP contribution < -0.4 is 20.5 Å². The summed E-state index contributed by atoms with van der Waals surface area (Å²) in [7, 11) is 1.38. The predicted molar refractivity (Wildman–Crippen MR) is 136 cm³/mol. The van der Waals surface area contributed by atoms with Crippen LogP contribution in [0, 0.1) is 5.82 Å². The van der Waals surface area contributed by atoms with E-state index in [9.17, 15) is 27.5 Å². The van der Waals surface area contributed by atoms with E-state index in [1.807, 2.05) is 0 Å².